The molecule has 0 bridgehead atoms. The third-order valence-corrected chi connectivity index (χ3v) is 3.85. The van der Waals surface area contributed by atoms with Crippen molar-refractivity contribution in [2.75, 3.05) is 11.1 Å². The highest BCUT2D eigenvalue weighted by Crippen LogP contribution is 2.20. The molecule has 0 spiro atoms. The highest BCUT2D eigenvalue weighted by Gasteiger charge is 1.96. The molecule has 1 aromatic heterocycles. The summed E-state index contributed by atoms with van der Waals surface area (Å²) in [6.45, 7) is 0. The van der Waals surface area contributed by atoms with Crippen LogP contribution in [0.5, 0.6) is 0 Å². The molecule has 0 saturated heterocycles. The maximum Gasteiger partial charge on any atom is 0.174 e. The normalized spacial score (nSPS) is 10.4. The molecule has 0 aromatic carbocycles. The number of hydrogen-bond acceptors (Lipinski definition) is 4. The van der Waals surface area contributed by atoms with Gasteiger partial charge in [-0.3, -0.25) is 0 Å². The number of halogens is 1. The third kappa shape index (κ3) is 4.42. The van der Waals surface area contributed by atoms with Crippen LogP contribution in [0, 0.1) is 0 Å². The van der Waals surface area contributed by atoms with Gasteiger partial charge in [0.25, 0.3) is 0 Å². The van der Waals surface area contributed by atoms with Crippen molar-refractivity contribution in [2.45, 2.75) is 23.6 Å². The van der Waals surface area contributed by atoms with Gasteiger partial charge < -0.3 is 0 Å². The maximum atomic E-state index is 3.96. The lowest BCUT2D eigenvalue weighted by Gasteiger charge is -1.95. The zero-order chi connectivity index (χ0) is 8.65. The number of hydrogen-bond donors (Lipinski definition) is 0. The number of alkyl halides is 1. The molecule has 12 heavy (non-hydrogen) atoms. The highest BCUT2D eigenvalue weighted by atomic mass is 79.9. The first-order valence-electron chi connectivity index (χ1n) is 3.88. The summed E-state index contributed by atoms with van der Waals surface area (Å²) in [6, 6.07) is 0. The van der Waals surface area contributed by atoms with Crippen molar-refractivity contribution in [3.05, 3.63) is 5.51 Å². The van der Waals surface area contributed by atoms with Crippen LogP contribution in [-0.4, -0.2) is 21.3 Å². The van der Waals surface area contributed by atoms with Crippen LogP contribution in [0.1, 0.15) is 19.3 Å². The zero-order valence-corrected chi connectivity index (χ0v) is 9.92. The number of rotatable bonds is 6. The monoisotopic (exact) mass is 266 g/mol. The van der Waals surface area contributed by atoms with Gasteiger partial charge in [0, 0.05) is 11.1 Å². The van der Waals surface area contributed by atoms with Crippen LogP contribution in [0.15, 0.2) is 9.85 Å². The Kier molecular flexibility index (Phi) is 5.98. The molecule has 0 radical (unpaired) electrons. The van der Waals surface area contributed by atoms with Crippen LogP contribution >= 0.6 is 39.0 Å². The van der Waals surface area contributed by atoms with Gasteiger partial charge in [0.05, 0.1) is 0 Å². The van der Waals surface area contributed by atoms with Crippen LogP contribution in [0.2, 0.25) is 0 Å². The minimum Gasteiger partial charge on any atom is -0.146 e. The van der Waals surface area contributed by atoms with Crippen molar-refractivity contribution in [1.82, 2.24) is 10.2 Å². The Hall–Kier alpha value is 0.390. The van der Waals surface area contributed by atoms with Gasteiger partial charge in [-0.1, -0.05) is 45.4 Å². The summed E-state index contributed by atoms with van der Waals surface area (Å²) >= 11 is 6.84. The number of unbranched alkanes of at least 4 members (excludes halogenated alkanes) is 2. The van der Waals surface area contributed by atoms with Crippen LogP contribution < -0.4 is 0 Å². The van der Waals surface area contributed by atoms with Gasteiger partial charge >= 0.3 is 0 Å². The van der Waals surface area contributed by atoms with Crippen molar-refractivity contribution < 1.29 is 0 Å². The summed E-state index contributed by atoms with van der Waals surface area (Å²) in [6.07, 6.45) is 3.85. The molecule has 1 aromatic rings. The van der Waals surface area contributed by atoms with E-state index in [9.17, 15) is 0 Å². The Labute approximate surface area is 89.3 Å². The molecule has 0 aliphatic carbocycles. The SMILES string of the molecule is BrCCCCCSc1nncs1. The van der Waals surface area contributed by atoms with E-state index in [0.717, 1.165) is 9.67 Å². The van der Waals surface area contributed by atoms with Crippen molar-refractivity contribution in [3.8, 4) is 0 Å². The van der Waals surface area contributed by atoms with Crippen molar-refractivity contribution in [1.29, 1.82) is 0 Å². The lowest BCUT2D eigenvalue weighted by Crippen LogP contribution is -1.81. The quantitative estimate of drug-likeness (QED) is 0.449. The van der Waals surface area contributed by atoms with E-state index < -0.39 is 0 Å². The molecule has 0 saturated carbocycles. The van der Waals surface area contributed by atoms with Crippen LogP contribution in [0.4, 0.5) is 0 Å². The molecule has 1 rings (SSSR count). The molecule has 2 nitrogen and oxygen atoms in total. The minimum absolute atomic E-state index is 1.09. The van der Waals surface area contributed by atoms with E-state index in [-0.39, 0.29) is 0 Å². The standard InChI is InChI=1S/C7H11BrN2S2/c8-4-2-1-3-5-11-7-10-9-6-12-7/h6H,1-5H2. The molecule has 1 heterocycles. The summed E-state index contributed by atoms with van der Waals surface area (Å²) < 4.78 is 1.09. The topological polar surface area (TPSA) is 25.8 Å². The lowest BCUT2D eigenvalue weighted by molar-refractivity contribution is 0.788. The first kappa shape index (κ1) is 10.5. The molecule has 5 heteroatoms. The lowest BCUT2D eigenvalue weighted by atomic mass is 10.3. The van der Waals surface area contributed by atoms with Gasteiger partial charge in [0.2, 0.25) is 0 Å². The van der Waals surface area contributed by atoms with Gasteiger partial charge in [0.1, 0.15) is 5.51 Å². The number of thioether (sulfide) groups is 1. The van der Waals surface area contributed by atoms with Crippen LogP contribution in [0.25, 0.3) is 0 Å². The van der Waals surface area contributed by atoms with Crippen molar-refractivity contribution in [3.63, 3.8) is 0 Å². The number of aromatic nitrogens is 2. The number of nitrogens with zero attached hydrogens (tertiary/aromatic N) is 2. The Bertz CT molecular complexity index is 191. The third-order valence-electron chi connectivity index (χ3n) is 1.34. The molecular weight excluding hydrogens is 256 g/mol. The molecule has 0 unspecified atom stereocenters. The van der Waals surface area contributed by atoms with E-state index in [4.69, 9.17) is 0 Å². The van der Waals surface area contributed by atoms with E-state index in [0.29, 0.717) is 0 Å². The smallest absolute Gasteiger partial charge is 0.146 e. The Morgan fingerprint density at radius 1 is 1.42 bits per heavy atom. The van der Waals surface area contributed by atoms with Gasteiger partial charge in [0.15, 0.2) is 4.34 Å². The summed E-state index contributed by atoms with van der Waals surface area (Å²) in [5, 5.41) is 8.86. The summed E-state index contributed by atoms with van der Waals surface area (Å²) in [5.41, 5.74) is 1.78. The van der Waals surface area contributed by atoms with Gasteiger partial charge in [-0.25, -0.2) is 0 Å². The fourth-order valence-corrected chi connectivity index (χ4v) is 2.71. The largest absolute Gasteiger partial charge is 0.174 e. The van der Waals surface area contributed by atoms with E-state index >= 15 is 0 Å². The predicted molar refractivity (Wildman–Crippen MR) is 58.3 cm³/mol. The van der Waals surface area contributed by atoms with E-state index in [1.54, 1.807) is 16.8 Å². The average molecular weight is 267 g/mol. The Morgan fingerprint density at radius 2 is 2.33 bits per heavy atom. The molecule has 0 aliphatic rings. The first-order chi connectivity index (χ1) is 5.93. The predicted octanol–water partition coefficient (Wildman–Crippen LogP) is 3.20. The van der Waals surface area contributed by atoms with Crippen LogP contribution in [0.3, 0.4) is 0 Å². The fourth-order valence-electron chi connectivity index (χ4n) is 0.759. The second-order valence-corrected chi connectivity index (χ2v) is 5.27. The van der Waals surface area contributed by atoms with Crippen LogP contribution in [-0.2, 0) is 0 Å². The zero-order valence-electron chi connectivity index (χ0n) is 6.70. The molecule has 0 amide bonds. The average Bonchev–Trinajstić information content (AvgIpc) is 2.57. The van der Waals surface area contributed by atoms with Gasteiger partial charge in [-0.2, -0.15) is 0 Å². The second-order valence-electron chi connectivity index (χ2n) is 2.30. The van der Waals surface area contributed by atoms with Crippen molar-refractivity contribution in [2.24, 2.45) is 0 Å². The maximum absolute atomic E-state index is 3.96. The molecular formula is C7H11BrN2S2. The molecule has 0 atom stereocenters. The highest BCUT2D eigenvalue weighted by molar-refractivity contribution is 9.09. The summed E-state index contributed by atoms with van der Waals surface area (Å²) in [7, 11) is 0. The van der Waals surface area contributed by atoms with E-state index in [1.165, 1.54) is 25.0 Å². The summed E-state index contributed by atoms with van der Waals surface area (Å²) in [4.78, 5) is 0. The Morgan fingerprint density at radius 3 is 3.00 bits per heavy atom. The van der Waals surface area contributed by atoms with Gasteiger partial charge in [-0.15, -0.1) is 10.2 Å². The van der Waals surface area contributed by atoms with Crippen molar-refractivity contribution >= 4 is 39.0 Å². The molecule has 0 fully saturated rings. The molecule has 0 aliphatic heterocycles. The second kappa shape index (κ2) is 6.86. The molecule has 68 valence electrons. The Balaban J connectivity index is 1.96. The van der Waals surface area contributed by atoms with E-state index in [1.807, 2.05) is 11.8 Å². The van der Waals surface area contributed by atoms with E-state index in [2.05, 4.69) is 26.1 Å². The molecule has 0 N–H and O–H groups in total. The van der Waals surface area contributed by atoms with Gasteiger partial charge in [-0.05, 0) is 12.8 Å². The summed E-state index contributed by atoms with van der Waals surface area (Å²) in [5.74, 6) is 1.17. The fraction of sp³-hybridized carbons (Fsp3) is 0.714. The first-order valence-corrected chi connectivity index (χ1v) is 6.87. The minimum atomic E-state index is 1.09.